The number of carbonyl (C=O) groups excluding carboxylic acids is 1. The number of nitrogens with one attached hydrogen (secondary N) is 1. The van der Waals surface area contributed by atoms with Gasteiger partial charge in [0, 0.05) is 25.7 Å². The fourth-order valence-electron chi connectivity index (χ4n) is 5.83. The molecule has 0 bridgehead atoms. The van der Waals surface area contributed by atoms with Crippen molar-refractivity contribution in [3.8, 4) is 11.5 Å². The highest BCUT2D eigenvalue weighted by molar-refractivity contribution is 6.36. The van der Waals surface area contributed by atoms with Gasteiger partial charge in [-0.2, -0.15) is 23.3 Å². The van der Waals surface area contributed by atoms with Gasteiger partial charge in [0.25, 0.3) is 0 Å². The van der Waals surface area contributed by atoms with Crippen molar-refractivity contribution in [3.63, 3.8) is 0 Å². The monoisotopic (exact) mass is 653 g/mol. The van der Waals surface area contributed by atoms with E-state index >= 15 is 0 Å². The van der Waals surface area contributed by atoms with Crippen LogP contribution < -0.4 is 15.0 Å². The number of likely N-dealkylation sites (tertiary alicyclic amines) is 1. The van der Waals surface area contributed by atoms with Gasteiger partial charge in [-0.05, 0) is 75.5 Å². The SMILES string of the molecule is CN1CCC(c2cc(Nc3nc4ncc(Oc5cnn6cc(N(C)C(=O)C7CC7)ncc56)c(Cl)c4n3C)cc(C(F)(F)F)c2)CC1. The van der Waals surface area contributed by atoms with E-state index in [-0.39, 0.29) is 40.2 Å². The Labute approximate surface area is 266 Å². The number of rotatable bonds is 7. The van der Waals surface area contributed by atoms with Gasteiger partial charge in [-0.1, -0.05) is 11.6 Å². The van der Waals surface area contributed by atoms with Gasteiger partial charge in [-0.25, -0.2) is 14.5 Å². The van der Waals surface area contributed by atoms with Gasteiger partial charge in [0.05, 0.1) is 30.4 Å². The van der Waals surface area contributed by atoms with Crippen LogP contribution in [0.1, 0.15) is 42.7 Å². The van der Waals surface area contributed by atoms with Crippen LogP contribution in [-0.2, 0) is 18.0 Å². The number of halogens is 4. The van der Waals surface area contributed by atoms with Gasteiger partial charge in [-0.15, -0.1) is 0 Å². The summed E-state index contributed by atoms with van der Waals surface area (Å²) in [5.74, 6) is 1.44. The van der Waals surface area contributed by atoms with Gasteiger partial charge < -0.3 is 19.5 Å². The standard InChI is InChI=1S/C31H31ClF3N9O2/c1-41-8-6-17(7-9-41)19-10-20(31(33,34)35)12-21(11-19)39-30-40-28-27(43(30)3)26(32)24(14-37-28)46-23-15-38-44-16-25(36-13-22(23)44)42(2)29(45)18-4-5-18/h10-18H,4-9H2,1-3H3,(H,37,39,40). The third-order valence-electron chi connectivity index (χ3n) is 8.71. The summed E-state index contributed by atoms with van der Waals surface area (Å²) in [6, 6.07) is 4.10. The lowest BCUT2D eigenvalue weighted by atomic mass is 9.88. The number of amides is 1. The molecule has 4 aromatic heterocycles. The van der Waals surface area contributed by atoms with Crippen LogP contribution in [0, 0.1) is 5.92 Å². The molecule has 1 N–H and O–H groups in total. The Kier molecular flexibility index (Phi) is 7.51. The number of imidazole rings is 1. The highest BCUT2D eigenvalue weighted by atomic mass is 35.5. The molecule has 46 heavy (non-hydrogen) atoms. The molecule has 0 radical (unpaired) electrons. The van der Waals surface area contributed by atoms with Crippen molar-refractivity contribution in [1.29, 1.82) is 0 Å². The maximum Gasteiger partial charge on any atom is 0.416 e. The summed E-state index contributed by atoms with van der Waals surface area (Å²) in [6.45, 7) is 1.66. The first-order chi connectivity index (χ1) is 22.0. The lowest BCUT2D eigenvalue weighted by Crippen LogP contribution is -2.29. The van der Waals surface area contributed by atoms with Crippen LogP contribution in [0.25, 0.3) is 16.7 Å². The second-order valence-corrected chi connectivity index (χ2v) is 12.4. The van der Waals surface area contributed by atoms with E-state index in [0.717, 1.165) is 44.8 Å². The molecular formula is C31H31ClF3N9O2. The van der Waals surface area contributed by atoms with Crippen LogP contribution in [0.2, 0.25) is 5.02 Å². The second kappa shape index (κ2) is 11.4. The number of hydrogen-bond donors (Lipinski definition) is 1. The fraction of sp³-hybridized carbons (Fsp3) is 0.387. The topological polar surface area (TPSA) is 106 Å². The first-order valence-electron chi connectivity index (χ1n) is 14.9. The molecule has 1 aromatic carbocycles. The zero-order valence-electron chi connectivity index (χ0n) is 25.3. The number of alkyl halides is 3. The molecule has 2 fully saturated rings. The number of ether oxygens (including phenoxy) is 1. The van der Waals surface area contributed by atoms with E-state index in [2.05, 4.69) is 30.3 Å². The molecule has 0 unspecified atom stereocenters. The van der Waals surface area contributed by atoms with Crippen LogP contribution in [-0.4, -0.2) is 67.1 Å². The largest absolute Gasteiger partial charge is 0.450 e. The summed E-state index contributed by atoms with van der Waals surface area (Å²) >= 11 is 6.80. The van der Waals surface area contributed by atoms with Gasteiger partial charge in [0.1, 0.15) is 16.1 Å². The number of carbonyl (C=O) groups is 1. The maximum absolute atomic E-state index is 13.9. The third-order valence-corrected chi connectivity index (χ3v) is 9.08. The predicted molar refractivity (Wildman–Crippen MR) is 167 cm³/mol. The maximum atomic E-state index is 13.9. The minimum absolute atomic E-state index is 0.0254. The Bertz CT molecular complexity index is 1960. The van der Waals surface area contributed by atoms with Gasteiger partial charge in [0.2, 0.25) is 11.9 Å². The molecule has 0 spiro atoms. The van der Waals surface area contributed by atoms with E-state index in [1.54, 1.807) is 41.6 Å². The van der Waals surface area contributed by atoms with E-state index < -0.39 is 11.7 Å². The van der Waals surface area contributed by atoms with Gasteiger partial charge >= 0.3 is 6.18 Å². The number of aromatic nitrogens is 6. The summed E-state index contributed by atoms with van der Waals surface area (Å²) in [5.41, 5.74) is 1.48. The Morgan fingerprint density at radius 2 is 1.80 bits per heavy atom. The average Bonchev–Trinajstić information content (AvgIpc) is 3.74. The van der Waals surface area contributed by atoms with Crippen molar-refractivity contribution >= 4 is 51.6 Å². The fourth-order valence-corrected chi connectivity index (χ4v) is 6.13. The first-order valence-corrected chi connectivity index (χ1v) is 15.3. The smallest absolute Gasteiger partial charge is 0.416 e. The predicted octanol–water partition coefficient (Wildman–Crippen LogP) is 6.40. The quantitative estimate of drug-likeness (QED) is 0.215. The minimum atomic E-state index is -4.50. The van der Waals surface area contributed by atoms with Crippen LogP contribution in [0.4, 0.5) is 30.6 Å². The lowest BCUT2D eigenvalue weighted by molar-refractivity contribution is -0.137. The highest BCUT2D eigenvalue weighted by Gasteiger charge is 2.34. The molecule has 1 saturated heterocycles. The molecule has 240 valence electrons. The zero-order chi connectivity index (χ0) is 32.3. The van der Waals surface area contributed by atoms with Crippen LogP contribution in [0.5, 0.6) is 11.5 Å². The lowest BCUT2D eigenvalue weighted by Gasteiger charge is -2.29. The van der Waals surface area contributed by atoms with Crippen LogP contribution in [0.3, 0.4) is 0 Å². The molecule has 1 aliphatic heterocycles. The summed E-state index contributed by atoms with van der Waals surface area (Å²) in [7, 11) is 5.40. The van der Waals surface area contributed by atoms with Crippen molar-refractivity contribution < 1.29 is 22.7 Å². The van der Waals surface area contributed by atoms with Crippen molar-refractivity contribution in [2.45, 2.75) is 37.8 Å². The molecule has 2 aliphatic rings. The minimum Gasteiger partial charge on any atom is -0.450 e. The van der Waals surface area contributed by atoms with Crippen molar-refractivity contribution in [2.75, 3.05) is 37.4 Å². The summed E-state index contributed by atoms with van der Waals surface area (Å²) in [5, 5.41) is 7.62. The molecule has 5 aromatic rings. The summed E-state index contributed by atoms with van der Waals surface area (Å²) < 4.78 is 51.0. The number of anilines is 3. The average molecular weight is 654 g/mol. The van der Waals surface area contributed by atoms with E-state index in [9.17, 15) is 18.0 Å². The van der Waals surface area contributed by atoms with E-state index in [1.165, 1.54) is 23.4 Å². The Morgan fingerprint density at radius 3 is 2.52 bits per heavy atom. The molecule has 15 heteroatoms. The number of nitrogens with zero attached hydrogens (tertiary/aromatic N) is 8. The van der Waals surface area contributed by atoms with Crippen LogP contribution in [0.15, 0.2) is 43.0 Å². The molecule has 7 rings (SSSR count). The molecular weight excluding hydrogens is 623 g/mol. The molecule has 5 heterocycles. The molecule has 1 saturated carbocycles. The second-order valence-electron chi connectivity index (χ2n) is 12.0. The van der Waals surface area contributed by atoms with Gasteiger partial charge in [-0.3, -0.25) is 9.69 Å². The number of pyridine rings is 1. The van der Waals surface area contributed by atoms with E-state index in [1.807, 2.05) is 7.05 Å². The van der Waals surface area contributed by atoms with Crippen molar-refractivity contribution in [1.82, 2.24) is 34.0 Å². The zero-order valence-corrected chi connectivity index (χ0v) is 26.1. The Hall–Kier alpha value is -4.43. The normalized spacial score (nSPS) is 16.3. The number of aryl methyl sites for hydroxylation is 1. The molecule has 11 nitrogen and oxygen atoms in total. The van der Waals surface area contributed by atoms with Gasteiger partial charge in [0.15, 0.2) is 23.0 Å². The molecule has 0 atom stereocenters. The number of piperidine rings is 1. The number of fused-ring (bicyclic) bond motifs is 2. The first kappa shape index (κ1) is 30.2. The highest BCUT2D eigenvalue weighted by Crippen LogP contribution is 2.39. The molecule has 1 aliphatic carbocycles. The molecule has 1 amide bonds. The van der Waals surface area contributed by atoms with Crippen molar-refractivity contribution in [3.05, 3.63) is 59.1 Å². The number of hydrogen-bond acceptors (Lipinski definition) is 8. The Balaban J connectivity index is 1.16. The van der Waals surface area contributed by atoms with E-state index in [0.29, 0.717) is 33.8 Å². The number of benzene rings is 1. The van der Waals surface area contributed by atoms with Crippen LogP contribution >= 0.6 is 11.6 Å². The summed E-state index contributed by atoms with van der Waals surface area (Å²) in [4.78, 5) is 29.5. The Morgan fingerprint density at radius 1 is 1.04 bits per heavy atom. The van der Waals surface area contributed by atoms with Crippen molar-refractivity contribution in [2.24, 2.45) is 13.0 Å². The van der Waals surface area contributed by atoms with E-state index in [4.69, 9.17) is 16.3 Å². The third kappa shape index (κ3) is 5.71. The summed E-state index contributed by atoms with van der Waals surface area (Å²) in [6.07, 6.45) is 5.01.